The molecule has 1 atom stereocenters. The van der Waals surface area contributed by atoms with E-state index in [4.69, 9.17) is 4.52 Å². The summed E-state index contributed by atoms with van der Waals surface area (Å²) in [5.41, 5.74) is 1.66. The molecule has 2 fully saturated rings. The van der Waals surface area contributed by atoms with Crippen LogP contribution in [0.4, 0.5) is 0 Å². The first-order valence-corrected chi connectivity index (χ1v) is 8.71. The van der Waals surface area contributed by atoms with E-state index in [9.17, 15) is 4.79 Å². The molecule has 25 heavy (non-hydrogen) atoms. The number of hydrogen-bond acceptors (Lipinski definition) is 6. The fourth-order valence-corrected chi connectivity index (χ4v) is 3.47. The zero-order chi connectivity index (χ0) is 16.8. The molecule has 1 aromatic carbocycles. The lowest BCUT2D eigenvalue weighted by Crippen LogP contribution is -2.34. The first-order chi connectivity index (χ1) is 12.3. The van der Waals surface area contributed by atoms with Gasteiger partial charge in [-0.25, -0.2) is 4.68 Å². The van der Waals surface area contributed by atoms with Crippen LogP contribution in [0.25, 0.3) is 11.0 Å². The third-order valence-corrected chi connectivity index (χ3v) is 4.96. The number of fused-ring (bicyclic) bond motifs is 1. The van der Waals surface area contributed by atoms with Crippen molar-refractivity contribution in [1.82, 2.24) is 30.0 Å². The van der Waals surface area contributed by atoms with Gasteiger partial charge in [-0.05, 0) is 37.8 Å². The molecule has 0 spiro atoms. The lowest BCUT2D eigenvalue weighted by Gasteiger charge is -2.22. The molecule has 2 aliphatic rings. The molecule has 1 amide bonds. The monoisotopic (exact) mass is 338 g/mol. The van der Waals surface area contributed by atoms with Crippen LogP contribution in [0, 0.1) is 0 Å². The average molecular weight is 338 g/mol. The minimum atomic E-state index is -0.0986. The number of rotatable bonds is 4. The molecule has 8 nitrogen and oxygen atoms in total. The molecular weight excluding hydrogens is 320 g/mol. The Balaban J connectivity index is 1.36. The minimum absolute atomic E-state index is 0.0101. The van der Waals surface area contributed by atoms with Crippen molar-refractivity contribution in [3.05, 3.63) is 36.0 Å². The predicted molar refractivity (Wildman–Crippen MR) is 87.5 cm³/mol. The van der Waals surface area contributed by atoms with Gasteiger partial charge in [-0.3, -0.25) is 4.79 Å². The van der Waals surface area contributed by atoms with Gasteiger partial charge < -0.3 is 9.42 Å². The summed E-state index contributed by atoms with van der Waals surface area (Å²) < 4.78 is 7.02. The lowest BCUT2D eigenvalue weighted by molar-refractivity contribution is -0.133. The Labute approximate surface area is 143 Å². The zero-order valence-electron chi connectivity index (χ0n) is 13.7. The maximum Gasteiger partial charge on any atom is 0.245 e. The Bertz CT molecular complexity index is 928. The third-order valence-electron chi connectivity index (χ3n) is 4.96. The lowest BCUT2D eigenvalue weighted by atomic mass is 10.2. The van der Waals surface area contributed by atoms with Crippen LogP contribution in [0.3, 0.4) is 0 Å². The van der Waals surface area contributed by atoms with Crippen LogP contribution in [-0.4, -0.2) is 42.5 Å². The molecule has 5 rings (SSSR count). The van der Waals surface area contributed by atoms with E-state index in [1.165, 1.54) is 0 Å². The van der Waals surface area contributed by atoms with Crippen LogP contribution in [0.1, 0.15) is 49.4 Å². The highest BCUT2D eigenvalue weighted by Gasteiger charge is 2.36. The van der Waals surface area contributed by atoms with E-state index in [-0.39, 0.29) is 18.5 Å². The Morgan fingerprint density at radius 1 is 1.24 bits per heavy atom. The summed E-state index contributed by atoms with van der Waals surface area (Å²) in [7, 11) is 0. The highest BCUT2D eigenvalue weighted by Crippen LogP contribution is 2.40. The SMILES string of the molecule is O=C(Cn1nnc2ccccc21)N1CCCC1c1noc(C2CC2)n1. The molecule has 3 aromatic rings. The van der Waals surface area contributed by atoms with Crippen molar-refractivity contribution in [3.63, 3.8) is 0 Å². The molecule has 1 aliphatic heterocycles. The highest BCUT2D eigenvalue weighted by atomic mass is 16.5. The van der Waals surface area contributed by atoms with E-state index in [1.54, 1.807) is 4.68 Å². The topological polar surface area (TPSA) is 89.9 Å². The number of benzene rings is 1. The van der Waals surface area contributed by atoms with Gasteiger partial charge in [0.25, 0.3) is 0 Å². The van der Waals surface area contributed by atoms with Crippen molar-refractivity contribution in [1.29, 1.82) is 0 Å². The van der Waals surface area contributed by atoms with Crippen LogP contribution < -0.4 is 0 Å². The molecule has 0 radical (unpaired) electrons. The predicted octanol–water partition coefficient (Wildman–Crippen LogP) is 2.06. The van der Waals surface area contributed by atoms with Crippen LogP contribution in [-0.2, 0) is 11.3 Å². The van der Waals surface area contributed by atoms with Gasteiger partial charge >= 0.3 is 0 Å². The number of carbonyl (C=O) groups is 1. The van der Waals surface area contributed by atoms with Gasteiger partial charge in [-0.15, -0.1) is 5.10 Å². The van der Waals surface area contributed by atoms with Gasteiger partial charge in [0.05, 0.1) is 11.6 Å². The van der Waals surface area contributed by atoms with Gasteiger partial charge in [-0.1, -0.05) is 22.5 Å². The molecule has 1 aliphatic carbocycles. The van der Waals surface area contributed by atoms with E-state index in [1.807, 2.05) is 29.2 Å². The van der Waals surface area contributed by atoms with E-state index in [2.05, 4.69) is 20.5 Å². The first-order valence-electron chi connectivity index (χ1n) is 8.71. The van der Waals surface area contributed by atoms with Crippen LogP contribution in [0.15, 0.2) is 28.8 Å². The smallest absolute Gasteiger partial charge is 0.245 e. The summed E-state index contributed by atoms with van der Waals surface area (Å²) in [6, 6.07) is 7.54. The number of likely N-dealkylation sites (tertiary alicyclic amines) is 1. The number of nitrogens with zero attached hydrogens (tertiary/aromatic N) is 6. The van der Waals surface area contributed by atoms with Gasteiger partial charge in [0.2, 0.25) is 11.8 Å². The summed E-state index contributed by atoms with van der Waals surface area (Å²) in [5, 5.41) is 12.3. The number of hydrogen-bond donors (Lipinski definition) is 0. The van der Waals surface area contributed by atoms with E-state index < -0.39 is 0 Å². The number of aromatic nitrogens is 5. The summed E-state index contributed by atoms with van der Waals surface area (Å²) in [6.45, 7) is 0.883. The normalized spacial score (nSPS) is 20.5. The molecule has 1 saturated carbocycles. The Kier molecular flexibility index (Phi) is 3.29. The van der Waals surface area contributed by atoms with E-state index in [0.29, 0.717) is 18.3 Å². The second kappa shape index (κ2) is 5.65. The van der Waals surface area contributed by atoms with E-state index in [0.717, 1.165) is 42.6 Å². The quantitative estimate of drug-likeness (QED) is 0.723. The second-order valence-corrected chi connectivity index (χ2v) is 6.75. The average Bonchev–Trinajstić information content (AvgIpc) is 3.04. The van der Waals surface area contributed by atoms with Gasteiger partial charge in [0, 0.05) is 12.5 Å². The maximum absolute atomic E-state index is 12.8. The fourth-order valence-electron chi connectivity index (χ4n) is 3.47. The van der Waals surface area contributed by atoms with Crippen molar-refractivity contribution in [3.8, 4) is 0 Å². The van der Waals surface area contributed by atoms with Crippen molar-refractivity contribution >= 4 is 16.9 Å². The second-order valence-electron chi connectivity index (χ2n) is 6.75. The molecular formula is C17H18N6O2. The summed E-state index contributed by atoms with van der Waals surface area (Å²) in [4.78, 5) is 19.2. The van der Waals surface area contributed by atoms with E-state index >= 15 is 0 Å². The Hall–Kier alpha value is -2.77. The molecule has 0 bridgehead atoms. The largest absolute Gasteiger partial charge is 0.339 e. The standard InChI is InChI=1S/C17H18N6O2/c24-15(10-23-13-5-2-1-4-12(13)19-21-23)22-9-3-6-14(22)16-18-17(25-20-16)11-7-8-11/h1-2,4-5,11,14H,3,6-10H2. The first kappa shape index (κ1) is 14.6. The fraction of sp³-hybridized carbons (Fsp3) is 0.471. The molecule has 8 heteroatoms. The number of amides is 1. The molecule has 1 saturated heterocycles. The summed E-state index contributed by atoms with van der Waals surface area (Å²) in [5.74, 6) is 1.79. The molecule has 128 valence electrons. The molecule has 1 unspecified atom stereocenters. The molecule has 0 N–H and O–H groups in total. The molecule has 3 heterocycles. The van der Waals surface area contributed by atoms with Crippen LogP contribution in [0.5, 0.6) is 0 Å². The van der Waals surface area contributed by atoms with Gasteiger partial charge in [0.1, 0.15) is 12.1 Å². The van der Waals surface area contributed by atoms with Gasteiger partial charge in [-0.2, -0.15) is 4.98 Å². The van der Waals surface area contributed by atoms with Gasteiger partial charge in [0.15, 0.2) is 5.82 Å². The van der Waals surface area contributed by atoms with Crippen molar-refractivity contribution in [2.24, 2.45) is 0 Å². The summed E-state index contributed by atoms with van der Waals surface area (Å²) >= 11 is 0. The zero-order valence-corrected chi connectivity index (χ0v) is 13.7. The van der Waals surface area contributed by atoms with Crippen molar-refractivity contribution in [2.75, 3.05) is 6.54 Å². The van der Waals surface area contributed by atoms with Crippen LogP contribution >= 0.6 is 0 Å². The summed E-state index contributed by atoms with van der Waals surface area (Å²) in [6.07, 6.45) is 4.05. The third kappa shape index (κ3) is 2.57. The highest BCUT2D eigenvalue weighted by molar-refractivity contribution is 5.80. The van der Waals surface area contributed by atoms with Crippen molar-refractivity contribution < 1.29 is 9.32 Å². The maximum atomic E-state index is 12.8. The Morgan fingerprint density at radius 3 is 3.00 bits per heavy atom. The van der Waals surface area contributed by atoms with Crippen molar-refractivity contribution in [2.45, 2.75) is 44.2 Å². The minimum Gasteiger partial charge on any atom is -0.339 e. The Morgan fingerprint density at radius 2 is 2.12 bits per heavy atom. The number of para-hydroxylation sites is 1. The van der Waals surface area contributed by atoms with Crippen LogP contribution in [0.2, 0.25) is 0 Å². The molecule has 2 aromatic heterocycles. The number of carbonyl (C=O) groups excluding carboxylic acids is 1.